The second-order valence-electron chi connectivity index (χ2n) is 5.36. The van der Waals surface area contributed by atoms with Crippen molar-refractivity contribution in [3.63, 3.8) is 0 Å². The number of anilines is 2. The van der Waals surface area contributed by atoms with Crippen LogP contribution in [-0.2, 0) is 9.53 Å². The van der Waals surface area contributed by atoms with Gasteiger partial charge in [0.15, 0.2) is 5.13 Å². The van der Waals surface area contributed by atoms with E-state index in [1.54, 1.807) is 6.20 Å². The van der Waals surface area contributed by atoms with Gasteiger partial charge in [0, 0.05) is 24.7 Å². The fourth-order valence-corrected chi connectivity index (χ4v) is 3.34. The van der Waals surface area contributed by atoms with Crippen molar-refractivity contribution in [1.82, 2.24) is 4.98 Å². The maximum atomic E-state index is 12.3. The van der Waals surface area contributed by atoms with E-state index in [0.29, 0.717) is 23.4 Å². The second-order valence-corrected chi connectivity index (χ2v) is 6.66. The summed E-state index contributed by atoms with van der Waals surface area (Å²) in [5, 5.41) is 5.92. The summed E-state index contributed by atoms with van der Waals surface area (Å²) in [6.07, 6.45) is 1.67. The highest BCUT2D eigenvalue weighted by Gasteiger charge is 2.19. The molecule has 1 fully saturated rings. The number of thiazole rings is 1. The topological polar surface area (TPSA) is 54.5 Å². The third-order valence-corrected chi connectivity index (χ3v) is 4.87. The zero-order valence-electron chi connectivity index (χ0n) is 12.8. The van der Waals surface area contributed by atoms with Gasteiger partial charge in [0.25, 0.3) is 0 Å². The van der Waals surface area contributed by atoms with Gasteiger partial charge >= 0.3 is 0 Å². The van der Waals surface area contributed by atoms with Gasteiger partial charge in [-0.15, -0.1) is 11.3 Å². The number of benzene rings is 1. The molecular formula is C16H18ClN3O2S. The van der Waals surface area contributed by atoms with Crippen LogP contribution in [0.3, 0.4) is 0 Å². The molecule has 5 nitrogen and oxygen atoms in total. The molecule has 1 aromatic heterocycles. The summed E-state index contributed by atoms with van der Waals surface area (Å²) in [6.45, 7) is 4.96. The monoisotopic (exact) mass is 351 g/mol. The number of hydrogen-bond donors (Lipinski definition) is 1. The highest BCUT2D eigenvalue weighted by atomic mass is 35.5. The van der Waals surface area contributed by atoms with Crippen LogP contribution in [0, 0.1) is 0 Å². The number of aromatic nitrogens is 1. The van der Waals surface area contributed by atoms with E-state index < -0.39 is 0 Å². The summed E-state index contributed by atoms with van der Waals surface area (Å²) >= 11 is 7.83. The fourth-order valence-electron chi connectivity index (χ4n) is 2.50. The quantitative estimate of drug-likeness (QED) is 0.917. The van der Waals surface area contributed by atoms with Gasteiger partial charge in [-0.1, -0.05) is 17.7 Å². The molecule has 1 amide bonds. The standard InChI is InChI=1S/C16H18ClN3O2S/c1-11(15(21)19-16-18-4-9-23-16)12-2-3-14(13(17)10-12)20-5-7-22-8-6-20/h2-4,9-11H,5-8H2,1H3,(H,18,19,21)/t11-/m1/s1. The van der Waals surface area contributed by atoms with Gasteiger partial charge in [-0.2, -0.15) is 0 Å². The minimum absolute atomic E-state index is 0.0878. The Morgan fingerprint density at radius 3 is 2.87 bits per heavy atom. The van der Waals surface area contributed by atoms with Gasteiger partial charge in [0.1, 0.15) is 0 Å². The first-order chi connectivity index (χ1) is 11.1. The number of amides is 1. The number of ether oxygens (including phenoxy) is 1. The third kappa shape index (κ3) is 3.83. The highest BCUT2D eigenvalue weighted by molar-refractivity contribution is 7.13. The first kappa shape index (κ1) is 16.2. The van der Waals surface area contributed by atoms with Gasteiger partial charge in [0.2, 0.25) is 5.91 Å². The number of carbonyl (C=O) groups is 1. The Morgan fingerprint density at radius 1 is 1.43 bits per heavy atom. The molecule has 2 aromatic rings. The molecule has 0 radical (unpaired) electrons. The van der Waals surface area contributed by atoms with Crippen molar-refractivity contribution in [1.29, 1.82) is 0 Å². The molecule has 1 N–H and O–H groups in total. The van der Waals surface area contributed by atoms with Gasteiger partial charge in [-0.05, 0) is 24.6 Å². The Balaban J connectivity index is 1.72. The average molecular weight is 352 g/mol. The minimum Gasteiger partial charge on any atom is -0.378 e. The van der Waals surface area contributed by atoms with Crippen molar-refractivity contribution in [3.05, 3.63) is 40.4 Å². The zero-order chi connectivity index (χ0) is 16.2. The largest absolute Gasteiger partial charge is 0.378 e. The molecule has 0 bridgehead atoms. The summed E-state index contributed by atoms with van der Waals surface area (Å²) in [6, 6.07) is 5.82. The number of hydrogen-bond acceptors (Lipinski definition) is 5. The number of rotatable bonds is 4. The normalized spacial score (nSPS) is 16.2. The molecule has 2 heterocycles. The lowest BCUT2D eigenvalue weighted by atomic mass is 10.00. The maximum Gasteiger partial charge on any atom is 0.233 e. The Morgan fingerprint density at radius 2 is 2.22 bits per heavy atom. The molecule has 122 valence electrons. The number of morpholine rings is 1. The molecule has 23 heavy (non-hydrogen) atoms. The molecular weight excluding hydrogens is 334 g/mol. The Bertz CT molecular complexity index is 672. The van der Waals surface area contributed by atoms with Crippen molar-refractivity contribution in [2.45, 2.75) is 12.8 Å². The summed E-state index contributed by atoms with van der Waals surface area (Å²) in [5.41, 5.74) is 1.88. The summed E-state index contributed by atoms with van der Waals surface area (Å²) < 4.78 is 5.36. The summed E-state index contributed by atoms with van der Waals surface area (Å²) in [5.74, 6) is -0.384. The SMILES string of the molecule is C[C@@H](C(=O)Nc1nccs1)c1ccc(N2CCOCC2)c(Cl)c1. The highest BCUT2D eigenvalue weighted by Crippen LogP contribution is 2.30. The minimum atomic E-state index is -0.296. The van der Waals surface area contributed by atoms with E-state index >= 15 is 0 Å². The van der Waals surface area contributed by atoms with Crippen molar-refractivity contribution in [3.8, 4) is 0 Å². The van der Waals surface area contributed by atoms with Crippen molar-refractivity contribution in [2.24, 2.45) is 0 Å². The molecule has 0 spiro atoms. The number of halogens is 1. The van der Waals surface area contributed by atoms with Gasteiger partial charge in [-0.25, -0.2) is 4.98 Å². The zero-order valence-corrected chi connectivity index (χ0v) is 14.4. The lowest BCUT2D eigenvalue weighted by Crippen LogP contribution is -2.36. The molecule has 0 saturated carbocycles. The number of nitrogens with one attached hydrogen (secondary N) is 1. The average Bonchev–Trinajstić information content (AvgIpc) is 3.07. The van der Waals surface area contributed by atoms with E-state index in [2.05, 4.69) is 15.2 Å². The molecule has 1 aliphatic rings. The first-order valence-corrected chi connectivity index (χ1v) is 8.73. The Labute approximate surface area is 144 Å². The van der Waals surface area contributed by atoms with Gasteiger partial charge in [-0.3, -0.25) is 4.79 Å². The summed E-state index contributed by atoms with van der Waals surface area (Å²) in [4.78, 5) is 18.6. The van der Waals surface area contributed by atoms with Crippen LogP contribution in [-0.4, -0.2) is 37.2 Å². The lowest BCUT2D eigenvalue weighted by Gasteiger charge is -2.30. The first-order valence-electron chi connectivity index (χ1n) is 7.47. The number of carbonyl (C=O) groups excluding carboxylic acids is 1. The van der Waals surface area contributed by atoms with E-state index in [1.165, 1.54) is 11.3 Å². The van der Waals surface area contributed by atoms with Crippen molar-refractivity contribution < 1.29 is 9.53 Å². The van der Waals surface area contributed by atoms with Crippen LogP contribution in [0.1, 0.15) is 18.4 Å². The van der Waals surface area contributed by atoms with Crippen molar-refractivity contribution in [2.75, 3.05) is 36.5 Å². The molecule has 1 saturated heterocycles. The molecule has 7 heteroatoms. The van der Waals surface area contributed by atoms with E-state index in [9.17, 15) is 4.79 Å². The van der Waals surface area contributed by atoms with E-state index in [0.717, 1.165) is 24.3 Å². The van der Waals surface area contributed by atoms with Crippen LogP contribution in [0.2, 0.25) is 5.02 Å². The van der Waals surface area contributed by atoms with Gasteiger partial charge in [0.05, 0.1) is 29.8 Å². The summed E-state index contributed by atoms with van der Waals surface area (Å²) in [7, 11) is 0. The molecule has 1 aromatic carbocycles. The fraction of sp³-hybridized carbons (Fsp3) is 0.375. The Hall–Kier alpha value is -1.63. The smallest absolute Gasteiger partial charge is 0.233 e. The predicted octanol–water partition coefficient (Wildman–Crippen LogP) is 3.38. The van der Waals surface area contributed by atoms with Crippen LogP contribution in [0.5, 0.6) is 0 Å². The second kappa shape index (κ2) is 7.29. The van der Waals surface area contributed by atoms with E-state index in [4.69, 9.17) is 16.3 Å². The molecule has 1 atom stereocenters. The van der Waals surface area contributed by atoms with Crippen molar-refractivity contribution >= 4 is 39.7 Å². The van der Waals surface area contributed by atoms with Crippen LogP contribution in [0.25, 0.3) is 0 Å². The van der Waals surface area contributed by atoms with E-state index in [1.807, 2.05) is 30.5 Å². The van der Waals surface area contributed by atoms with Crippen LogP contribution >= 0.6 is 22.9 Å². The number of nitrogens with zero attached hydrogens (tertiary/aromatic N) is 2. The van der Waals surface area contributed by atoms with Crippen LogP contribution in [0.4, 0.5) is 10.8 Å². The molecule has 3 rings (SSSR count). The van der Waals surface area contributed by atoms with Crippen LogP contribution < -0.4 is 10.2 Å². The van der Waals surface area contributed by atoms with Gasteiger partial charge < -0.3 is 15.0 Å². The maximum absolute atomic E-state index is 12.3. The lowest BCUT2D eigenvalue weighted by molar-refractivity contribution is -0.117. The predicted molar refractivity (Wildman–Crippen MR) is 93.6 cm³/mol. The third-order valence-electron chi connectivity index (χ3n) is 3.88. The Kier molecular flexibility index (Phi) is 5.15. The molecule has 0 aliphatic carbocycles. The molecule has 1 aliphatic heterocycles. The van der Waals surface area contributed by atoms with E-state index in [-0.39, 0.29) is 11.8 Å². The van der Waals surface area contributed by atoms with Crippen LogP contribution in [0.15, 0.2) is 29.8 Å². The molecule has 0 unspecified atom stereocenters.